The third-order valence-electron chi connectivity index (χ3n) is 2.44. The Morgan fingerprint density at radius 1 is 1.59 bits per heavy atom. The van der Waals surface area contributed by atoms with E-state index in [0.29, 0.717) is 11.6 Å². The molecule has 1 heterocycles. The van der Waals surface area contributed by atoms with Crippen LogP contribution in [-0.2, 0) is 4.79 Å². The zero-order chi connectivity index (χ0) is 13.0. The number of carbonyl (C=O) groups excluding carboxylic acids is 1. The number of nitrogens with zero attached hydrogens (tertiary/aromatic N) is 2. The molecule has 1 unspecified atom stereocenters. The van der Waals surface area contributed by atoms with Crippen molar-refractivity contribution in [2.75, 3.05) is 32.3 Å². The van der Waals surface area contributed by atoms with Crippen LogP contribution in [0.4, 0.5) is 4.79 Å². The Morgan fingerprint density at radius 2 is 2.24 bits per heavy atom. The minimum absolute atomic E-state index is 0.00227. The topological polar surface area (TPSA) is 72.9 Å². The Balaban J connectivity index is 2.49. The normalized spacial score (nSPS) is 21.6. The van der Waals surface area contributed by atoms with Crippen LogP contribution in [0.25, 0.3) is 0 Å². The van der Waals surface area contributed by atoms with Gasteiger partial charge in [0.15, 0.2) is 0 Å². The van der Waals surface area contributed by atoms with Gasteiger partial charge in [-0.05, 0) is 21.0 Å². The first kappa shape index (κ1) is 14.1. The molecular weight excluding hydrogens is 242 g/mol. The zero-order valence-corrected chi connectivity index (χ0v) is 11.2. The lowest BCUT2D eigenvalue weighted by Gasteiger charge is -2.24. The molecule has 1 aliphatic heterocycles. The molecule has 0 aromatic carbocycles. The second kappa shape index (κ2) is 6.11. The van der Waals surface area contributed by atoms with Crippen LogP contribution in [0.5, 0.6) is 0 Å². The largest absolute Gasteiger partial charge is 0.480 e. The number of carbonyl (C=O) groups is 2. The van der Waals surface area contributed by atoms with Gasteiger partial charge in [-0.2, -0.15) is 0 Å². The SMILES string of the molecule is CC(CN(C)C)NC(=O)N1CSC[C@H]1C(=O)O. The number of urea groups is 1. The van der Waals surface area contributed by atoms with Gasteiger partial charge in [-0.25, -0.2) is 9.59 Å². The molecule has 1 saturated heterocycles. The highest BCUT2D eigenvalue weighted by molar-refractivity contribution is 7.99. The van der Waals surface area contributed by atoms with Gasteiger partial charge in [-0.15, -0.1) is 11.8 Å². The monoisotopic (exact) mass is 261 g/mol. The van der Waals surface area contributed by atoms with E-state index < -0.39 is 12.0 Å². The summed E-state index contributed by atoms with van der Waals surface area (Å²) in [5, 5.41) is 11.8. The maximum absolute atomic E-state index is 11.9. The van der Waals surface area contributed by atoms with Crippen LogP contribution in [-0.4, -0.2) is 71.3 Å². The van der Waals surface area contributed by atoms with Gasteiger partial charge >= 0.3 is 12.0 Å². The Morgan fingerprint density at radius 3 is 2.76 bits per heavy atom. The lowest BCUT2D eigenvalue weighted by atomic mass is 10.3. The number of aliphatic carboxylic acids is 1. The molecule has 2 atom stereocenters. The van der Waals surface area contributed by atoms with E-state index in [-0.39, 0.29) is 12.1 Å². The molecule has 1 fully saturated rings. The first-order chi connectivity index (χ1) is 7.91. The predicted molar refractivity (Wildman–Crippen MR) is 67.1 cm³/mol. The predicted octanol–water partition coefficient (Wildman–Crippen LogP) is 0.106. The smallest absolute Gasteiger partial charge is 0.327 e. The second-order valence-corrected chi connectivity index (χ2v) is 5.44. The summed E-state index contributed by atoms with van der Waals surface area (Å²) in [7, 11) is 3.85. The molecule has 2 N–H and O–H groups in total. The van der Waals surface area contributed by atoms with Crippen LogP contribution in [0.2, 0.25) is 0 Å². The van der Waals surface area contributed by atoms with Crippen molar-refractivity contribution in [3.05, 3.63) is 0 Å². The molecule has 1 aliphatic rings. The van der Waals surface area contributed by atoms with Crippen molar-refractivity contribution >= 4 is 23.8 Å². The highest BCUT2D eigenvalue weighted by Gasteiger charge is 2.34. The van der Waals surface area contributed by atoms with Crippen LogP contribution in [0, 0.1) is 0 Å². The molecule has 2 amide bonds. The fourth-order valence-corrected chi connectivity index (χ4v) is 2.88. The number of rotatable bonds is 4. The van der Waals surface area contributed by atoms with Gasteiger partial charge in [0, 0.05) is 18.3 Å². The Labute approximate surface area is 105 Å². The Bertz CT molecular complexity index is 299. The summed E-state index contributed by atoms with van der Waals surface area (Å²) in [6, 6.07) is -0.999. The van der Waals surface area contributed by atoms with Gasteiger partial charge in [0.05, 0.1) is 5.88 Å². The van der Waals surface area contributed by atoms with Crippen molar-refractivity contribution in [2.45, 2.75) is 19.0 Å². The molecule has 7 heteroatoms. The van der Waals surface area contributed by atoms with Crippen molar-refractivity contribution in [2.24, 2.45) is 0 Å². The van der Waals surface area contributed by atoms with E-state index in [0.717, 1.165) is 6.54 Å². The molecule has 0 aromatic heterocycles. The zero-order valence-electron chi connectivity index (χ0n) is 10.3. The van der Waals surface area contributed by atoms with Crippen molar-refractivity contribution in [3.63, 3.8) is 0 Å². The van der Waals surface area contributed by atoms with E-state index in [2.05, 4.69) is 5.32 Å². The fourth-order valence-electron chi connectivity index (χ4n) is 1.73. The summed E-state index contributed by atoms with van der Waals surface area (Å²) in [5.74, 6) is -0.0344. The lowest BCUT2D eigenvalue weighted by molar-refractivity contribution is -0.140. The van der Waals surface area contributed by atoms with Crippen LogP contribution in [0.1, 0.15) is 6.92 Å². The number of amides is 2. The Kier molecular flexibility index (Phi) is 5.07. The maximum atomic E-state index is 11.9. The van der Waals surface area contributed by atoms with Crippen molar-refractivity contribution in [1.82, 2.24) is 15.1 Å². The lowest BCUT2D eigenvalue weighted by Crippen LogP contribution is -2.50. The number of carboxylic acid groups (broad SMARTS) is 1. The summed E-state index contributed by atoms with van der Waals surface area (Å²) in [6.07, 6.45) is 0. The van der Waals surface area contributed by atoms with Gasteiger partial charge in [0.2, 0.25) is 0 Å². The number of nitrogens with one attached hydrogen (secondary N) is 1. The van der Waals surface area contributed by atoms with Crippen molar-refractivity contribution < 1.29 is 14.7 Å². The number of hydrogen-bond donors (Lipinski definition) is 2. The van der Waals surface area contributed by atoms with E-state index in [4.69, 9.17) is 5.11 Å². The Hall–Kier alpha value is -0.950. The van der Waals surface area contributed by atoms with Crippen molar-refractivity contribution in [3.8, 4) is 0 Å². The second-order valence-electron chi connectivity index (χ2n) is 4.44. The molecule has 17 heavy (non-hydrogen) atoms. The molecule has 0 radical (unpaired) electrons. The summed E-state index contributed by atoms with van der Waals surface area (Å²) in [5.41, 5.74) is 0. The van der Waals surface area contributed by atoms with Crippen LogP contribution in [0.3, 0.4) is 0 Å². The molecule has 1 rings (SSSR count). The van der Waals surface area contributed by atoms with Gasteiger partial charge < -0.3 is 20.2 Å². The van der Waals surface area contributed by atoms with E-state index in [9.17, 15) is 9.59 Å². The molecule has 0 saturated carbocycles. The van der Waals surface area contributed by atoms with E-state index in [1.165, 1.54) is 16.7 Å². The van der Waals surface area contributed by atoms with E-state index in [1.54, 1.807) is 0 Å². The van der Waals surface area contributed by atoms with Gasteiger partial charge in [0.25, 0.3) is 0 Å². The van der Waals surface area contributed by atoms with Crippen LogP contribution in [0.15, 0.2) is 0 Å². The van der Waals surface area contributed by atoms with E-state index in [1.807, 2.05) is 25.9 Å². The van der Waals surface area contributed by atoms with E-state index >= 15 is 0 Å². The summed E-state index contributed by atoms with van der Waals surface area (Å²) in [6.45, 7) is 2.63. The number of carboxylic acids is 1. The minimum atomic E-state index is -0.939. The van der Waals surface area contributed by atoms with Crippen LogP contribution < -0.4 is 5.32 Å². The molecular formula is C10H19N3O3S. The molecule has 0 aliphatic carbocycles. The first-order valence-corrected chi connectivity index (χ1v) is 6.59. The van der Waals surface area contributed by atoms with Crippen LogP contribution >= 0.6 is 11.8 Å². The quantitative estimate of drug-likeness (QED) is 0.751. The first-order valence-electron chi connectivity index (χ1n) is 5.44. The molecule has 0 bridgehead atoms. The third-order valence-corrected chi connectivity index (χ3v) is 3.45. The summed E-state index contributed by atoms with van der Waals surface area (Å²) < 4.78 is 0. The van der Waals surface area contributed by atoms with Gasteiger partial charge in [-0.3, -0.25) is 0 Å². The molecule has 0 aromatic rings. The number of likely N-dealkylation sites (N-methyl/N-ethyl adjacent to an activating group) is 1. The fraction of sp³-hybridized carbons (Fsp3) is 0.800. The highest BCUT2D eigenvalue weighted by atomic mass is 32.2. The number of thioether (sulfide) groups is 1. The summed E-state index contributed by atoms with van der Waals surface area (Å²) in [4.78, 5) is 26.2. The molecule has 98 valence electrons. The third kappa shape index (κ3) is 4.08. The standard InChI is InChI=1S/C10H19N3O3S/c1-7(4-12(2)3)11-10(16)13-6-17-5-8(13)9(14)15/h7-8H,4-6H2,1-3H3,(H,11,16)(H,14,15)/t7?,8-/m0/s1. The van der Waals surface area contributed by atoms with Crippen molar-refractivity contribution in [1.29, 1.82) is 0 Å². The highest BCUT2D eigenvalue weighted by Crippen LogP contribution is 2.20. The molecule has 0 spiro atoms. The summed E-state index contributed by atoms with van der Waals surface area (Å²) >= 11 is 1.46. The average molecular weight is 261 g/mol. The minimum Gasteiger partial charge on any atom is -0.480 e. The maximum Gasteiger partial charge on any atom is 0.327 e. The average Bonchev–Trinajstić information content (AvgIpc) is 2.63. The van der Waals surface area contributed by atoms with Gasteiger partial charge in [0.1, 0.15) is 6.04 Å². The molecule has 6 nitrogen and oxygen atoms in total. The number of hydrogen-bond acceptors (Lipinski definition) is 4. The van der Waals surface area contributed by atoms with Gasteiger partial charge in [-0.1, -0.05) is 0 Å².